The fraction of sp³-hybridized carbons (Fsp3) is 0. The molecule has 0 aliphatic heterocycles. The predicted octanol–water partition coefficient (Wildman–Crippen LogP) is -1.62. The number of rotatable bonds is 1. The molecule has 0 amide bonds. The van der Waals surface area contributed by atoms with Crippen molar-refractivity contribution in [2.45, 2.75) is 0 Å². The maximum absolute atomic E-state index is 8.83. The van der Waals surface area contributed by atoms with E-state index < -0.39 is 0 Å². The number of hydrogen-bond acceptors (Lipinski definition) is 3. The Morgan fingerprint density at radius 3 is 2.00 bits per heavy atom. The molecule has 0 heterocycles. The van der Waals surface area contributed by atoms with E-state index in [1.54, 1.807) is 0 Å². The third-order valence-electron chi connectivity index (χ3n) is 0.0556. The Morgan fingerprint density at radius 1 is 1.80 bits per heavy atom. The molecule has 3 nitrogen and oxygen atoms in total. The summed E-state index contributed by atoms with van der Waals surface area (Å²) in [6.07, 6.45) is 0. The van der Waals surface area contributed by atoms with Gasteiger partial charge in [0.2, 0.25) is 0 Å². The molecule has 0 atom stereocenters. The molecule has 0 radical (unpaired) electrons. The Balaban J connectivity index is 0. The van der Waals surface area contributed by atoms with Crippen molar-refractivity contribution in [1.29, 1.82) is 0 Å². The molecule has 0 fully saturated rings. The molecule has 0 aromatic heterocycles. The van der Waals surface area contributed by atoms with Crippen LogP contribution in [0.5, 0.6) is 0 Å². The maximum atomic E-state index is 8.83. The first-order valence-corrected chi connectivity index (χ1v) is 0.707. The second kappa shape index (κ2) is 8.91. The Bertz CT molecular complexity index is 23.6. The van der Waals surface area contributed by atoms with Gasteiger partial charge >= 0.3 is 57.9 Å². The Kier molecular flexibility index (Phi) is 16.8. The summed E-state index contributed by atoms with van der Waals surface area (Å²) in [5.74, 6) is 4.16. The van der Waals surface area contributed by atoms with Crippen LogP contribution in [0.3, 0.4) is 0 Å². The Labute approximate surface area is 72.2 Å². The molecule has 0 aliphatic carbocycles. The molecule has 0 bridgehead atoms. The van der Waals surface area contributed by atoms with Crippen LogP contribution in [0.4, 0.5) is 0 Å². The zero-order valence-corrected chi connectivity index (χ0v) is 1.97. The van der Waals surface area contributed by atoms with Crippen molar-refractivity contribution in [3.63, 3.8) is 0 Å². The topological polar surface area (TPSA) is 52.3 Å². The molecule has 0 spiro atoms. The average molecular weight is 101 g/mol. The first-order valence-electron chi connectivity index (χ1n) is 0.707. The standard InChI is InChI=1S/CH3NO2.K.H/c2-4-1-3;;/h1H,2H2;;. The van der Waals surface area contributed by atoms with E-state index in [0.717, 1.165) is 0 Å². The summed E-state index contributed by atoms with van der Waals surface area (Å²) in [6, 6.07) is 0. The van der Waals surface area contributed by atoms with Gasteiger partial charge in [-0.1, -0.05) is 0 Å². The van der Waals surface area contributed by atoms with Crippen LogP contribution >= 0.6 is 0 Å². The molecule has 0 saturated heterocycles. The van der Waals surface area contributed by atoms with Gasteiger partial charge in [0.15, 0.2) is 0 Å². The van der Waals surface area contributed by atoms with Gasteiger partial charge in [-0.25, -0.2) is 0 Å². The number of carbonyl (C=O) groups is 1. The van der Waals surface area contributed by atoms with Crippen molar-refractivity contribution >= 4 is 57.9 Å². The Hall–Kier alpha value is 1.07. The molecule has 5 heavy (non-hydrogen) atoms. The molecule has 0 unspecified atom stereocenters. The summed E-state index contributed by atoms with van der Waals surface area (Å²) < 4.78 is 0. The second-order valence-electron chi connectivity index (χ2n) is 0.232. The van der Waals surface area contributed by atoms with E-state index in [1.807, 2.05) is 0 Å². The van der Waals surface area contributed by atoms with Crippen LogP contribution in [0.2, 0.25) is 0 Å². The second-order valence-corrected chi connectivity index (χ2v) is 0.232. The average Bonchev–Trinajstić information content (AvgIpc) is 1.37. The summed E-state index contributed by atoms with van der Waals surface area (Å²) >= 11 is 0. The van der Waals surface area contributed by atoms with Crippen LogP contribution in [-0.2, 0) is 9.63 Å². The van der Waals surface area contributed by atoms with Crippen molar-refractivity contribution in [3.8, 4) is 0 Å². The summed E-state index contributed by atoms with van der Waals surface area (Å²) in [6.45, 7) is 0.153. The summed E-state index contributed by atoms with van der Waals surface area (Å²) in [5, 5.41) is 0. The van der Waals surface area contributed by atoms with E-state index in [-0.39, 0.29) is 57.9 Å². The molecule has 0 rings (SSSR count). The van der Waals surface area contributed by atoms with Crippen LogP contribution < -0.4 is 5.90 Å². The quantitative estimate of drug-likeness (QED) is 0.245. The van der Waals surface area contributed by atoms with E-state index >= 15 is 0 Å². The van der Waals surface area contributed by atoms with Gasteiger partial charge in [0.05, 0.1) is 0 Å². The van der Waals surface area contributed by atoms with Crippen molar-refractivity contribution in [2.75, 3.05) is 0 Å². The van der Waals surface area contributed by atoms with E-state index in [1.165, 1.54) is 0 Å². The predicted molar refractivity (Wildman–Crippen MR) is 18.5 cm³/mol. The van der Waals surface area contributed by atoms with Gasteiger partial charge in [-0.2, -0.15) is 5.90 Å². The molecule has 0 aromatic carbocycles. The molecule has 26 valence electrons. The van der Waals surface area contributed by atoms with Crippen LogP contribution in [-0.4, -0.2) is 57.9 Å². The van der Waals surface area contributed by atoms with Crippen LogP contribution in [0.25, 0.3) is 0 Å². The van der Waals surface area contributed by atoms with Gasteiger partial charge in [-0.15, -0.1) is 0 Å². The van der Waals surface area contributed by atoms with Gasteiger partial charge < -0.3 is 4.84 Å². The zero-order chi connectivity index (χ0) is 3.41. The monoisotopic (exact) mass is 101 g/mol. The summed E-state index contributed by atoms with van der Waals surface area (Å²) in [4.78, 5) is 12.2. The third-order valence-corrected chi connectivity index (χ3v) is 0.0556. The van der Waals surface area contributed by atoms with Crippen molar-refractivity contribution in [1.82, 2.24) is 0 Å². The van der Waals surface area contributed by atoms with Gasteiger partial charge in [0.25, 0.3) is 0 Å². The SMILES string of the molecule is NOC=O.[KH]. The van der Waals surface area contributed by atoms with Crippen molar-refractivity contribution < 1.29 is 9.63 Å². The van der Waals surface area contributed by atoms with E-state index in [2.05, 4.69) is 10.7 Å². The Morgan fingerprint density at radius 2 is 2.00 bits per heavy atom. The summed E-state index contributed by atoms with van der Waals surface area (Å²) in [5.41, 5.74) is 0. The van der Waals surface area contributed by atoms with E-state index in [4.69, 9.17) is 4.79 Å². The van der Waals surface area contributed by atoms with Gasteiger partial charge in [-0.3, -0.25) is 4.79 Å². The summed E-state index contributed by atoms with van der Waals surface area (Å²) in [7, 11) is 0. The van der Waals surface area contributed by atoms with E-state index in [9.17, 15) is 0 Å². The molecule has 2 N–H and O–H groups in total. The fourth-order valence-corrected chi connectivity index (χ4v) is 0. The molecular formula is CH4KNO2. The van der Waals surface area contributed by atoms with Gasteiger partial charge in [-0.05, 0) is 0 Å². The first-order chi connectivity index (χ1) is 1.91. The number of nitrogens with two attached hydrogens (primary N) is 1. The fourth-order valence-electron chi connectivity index (χ4n) is 0. The van der Waals surface area contributed by atoms with E-state index in [0.29, 0.717) is 0 Å². The van der Waals surface area contributed by atoms with Gasteiger partial charge in [0.1, 0.15) is 0 Å². The van der Waals surface area contributed by atoms with Crippen molar-refractivity contribution in [2.24, 2.45) is 5.90 Å². The molecular weight excluding hydrogens is 97.1 g/mol. The van der Waals surface area contributed by atoms with Crippen LogP contribution in [0.15, 0.2) is 0 Å². The number of hydrogen-bond donors (Lipinski definition) is 1. The first kappa shape index (κ1) is 9.42. The van der Waals surface area contributed by atoms with Crippen LogP contribution in [0.1, 0.15) is 0 Å². The minimum absolute atomic E-state index is 0. The molecule has 0 aliphatic rings. The third kappa shape index (κ3) is 11.2. The molecule has 0 saturated carbocycles. The number of carbonyl (C=O) groups excluding carboxylic acids is 1. The molecule has 4 heteroatoms. The van der Waals surface area contributed by atoms with Crippen LogP contribution in [0, 0.1) is 0 Å². The minimum atomic E-state index is 0. The zero-order valence-electron chi connectivity index (χ0n) is 1.97. The van der Waals surface area contributed by atoms with Gasteiger partial charge in [0, 0.05) is 0 Å². The van der Waals surface area contributed by atoms with Crippen molar-refractivity contribution in [3.05, 3.63) is 0 Å². The normalized spacial score (nSPS) is 4.20. The molecule has 0 aromatic rings.